The number of hydrogen-bond donors (Lipinski definition) is 0. The number of unbranched alkanes of at least 4 members (excludes halogenated alkanes) is 2. The summed E-state index contributed by atoms with van der Waals surface area (Å²) in [4.78, 5) is 0. The van der Waals surface area contributed by atoms with Crippen LogP contribution < -0.4 is 4.74 Å². The van der Waals surface area contributed by atoms with E-state index < -0.39 is 11.6 Å². The maximum absolute atomic E-state index is 15.2. The largest absolute Gasteiger partial charge is 0.490 e. The predicted octanol–water partition coefficient (Wildman–Crippen LogP) is 10.6. The van der Waals surface area contributed by atoms with E-state index in [1.54, 1.807) is 30.3 Å². The Kier molecular flexibility index (Phi) is 10.1. The van der Waals surface area contributed by atoms with Gasteiger partial charge in [0.25, 0.3) is 0 Å². The fourth-order valence-electron chi connectivity index (χ4n) is 5.59. The van der Waals surface area contributed by atoms with Crippen LogP contribution in [0.4, 0.5) is 13.2 Å². The van der Waals surface area contributed by atoms with Gasteiger partial charge < -0.3 is 4.74 Å². The summed E-state index contributed by atoms with van der Waals surface area (Å²) in [6.07, 6.45) is 14.4. The topological polar surface area (TPSA) is 9.23 Å². The summed E-state index contributed by atoms with van der Waals surface area (Å²) in [6, 6.07) is 15.5. The van der Waals surface area contributed by atoms with Gasteiger partial charge in [-0.05, 0) is 85.8 Å². The Balaban J connectivity index is 1.42. The molecule has 4 rings (SSSR count). The number of ether oxygens (including phenoxy) is 1. The number of hydrogen-bond acceptors (Lipinski definition) is 1. The van der Waals surface area contributed by atoms with E-state index in [1.165, 1.54) is 50.7 Å². The molecule has 202 valence electrons. The van der Waals surface area contributed by atoms with Gasteiger partial charge in [-0.1, -0.05) is 81.2 Å². The molecule has 3 aromatic rings. The highest BCUT2D eigenvalue weighted by Gasteiger charge is 2.23. The molecule has 1 nitrogen and oxygen atoms in total. The maximum atomic E-state index is 15.2. The minimum Gasteiger partial charge on any atom is -0.490 e. The highest BCUT2D eigenvalue weighted by molar-refractivity contribution is 5.71. The third-order valence-corrected chi connectivity index (χ3v) is 7.86. The van der Waals surface area contributed by atoms with Crippen LogP contribution in [0.15, 0.2) is 66.7 Å². The van der Waals surface area contributed by atoms with Gasteiger partial charge in [0.15, 0.2) is 11.6 Å². The molecular formula is C34H39F3O. The molecule has 0 atom stereocenters. The summed E-state index contributed by atoms with van der Waals surface area (Å²) in [5.41, 5.74) is 2.99. The molecule has 3 aromatic carbocycles. The van der Waals surface area contributed by atoms with Crippen LogP contribution >= 0.6 is 0 Å². The molecule has 0 amide bonds. The summed E-state index contributed by atoms with van der Waals surface area (Å²) in [7, 11) is 0. The van der Waals surface area contributed by atoms with Crippen LogP contribution in [0.5, 0.6) is 5.75 Å². The van der Waals surface area contributed by atoms with Crippen LogP contribution in [-0.2, 0) is 0 Å². The molecule has 0 heterocycles. The zero-order chi connectivity index (χ0) is 26.9. The van der Waals surface area contributed by atoms with Gasteiger partial charge in [-0.15, -0.1) is 0 Å². The van der Waals surface area contributed by atoms with Crippen LogP contribution in [0.3, 0.4) is 0 Å². The van der Waals surface area contributed by atoms with Crippen molar-refractivity contribution in [1.82, 2.24) is 0 Å². The van der Waals surface area contributed by atoms with Crippen molar-refractivity contribution in [1.29, 1.82) is 0 Å². The standard InChI is InChI=1S/C34H39F3O/c1-3-5-7-9-24-10-12-25(13-11-24)28-18-19-29(31(35)23-28)26-14-16-27(17-15-26)30-20-21-32(34(37)33(30)36)38-22-8-6-4-2/h4,6,14-21,23-25H,3,5,7-13,22H2,1-2H3/b6-4-. The zero-order valence-electron chi connectivity index (χ0n) is 22.6. The highest BCUT2D eigenvalue weighted by atomic mass is 19.2. The Labute approximate surface area is 225 Å². The fourth-order valence-corrected chi connectivity index (χ4v) is 5.59. The van der Waals surface area contributed by atoms with Crippen LogP contribution in [0.1, 0.15) is 83.1 Å². The van der Waals surface area contributed by atoms with Crippen molar-refractivity contribution in [3.63, 3.8) is 0 Å². The lowest BCUT2D eigenvalue weighted by atomic mass is 9.77. The van der Waals surface area contributed by atoms with Gasteiger partial charge in [0.05, 0.1) is 6.61 Å². The molecule has 0 aliphatic heterocycles. The van der Waals surface area contributed by atoms with Gasteiger partial charge in [-0.3, -0.25) is 0 Å². The van der Waals surface area contributed by atoms with Gasteiger partial charge in [-0.25, -0.2) is 8.78 Å². The minimum atomic E-state index is -0.997. The molecule has 1 aliphatic carbocycles. The van der Waals surface area contributed by atoms with Gasteiger partial charge in [0, 0.05) is 11.1 Å². The third-order valence-electron chi connectivity index (χ3n) is 7.86. The van der Waals surface area contributed by atoms with E-state index in [-0.39, 0.29) is 23.7 Å². The maximum Gasteiger partial charge on any atom is 0.201 e. The van der Waals surface area contributed by atoms with Crippen molar-refractivity contribution < 1.29 is 17.9 Å². The normalized spacial score (nSPS) is 17.7. The Bertz CT molecular complexity index is 1210. The number of rotatable bonds is 11. The summed E-state index contributed by atoms with van der Waals surface area (Å²) in [6.45, 7) is 4.41. The van der Waals surface area contributed by atoms with Crippen molar-refractivity contribution in [3.05, 3.63) is 89.8 Å². The van der Waals surface area contributed by atoms with Gasteiger partial charge in [-0.2, -0.15) is 4.39 Å². The first-order valence-corrected chi connectivity index (χ1v) is 14.1. The van der Waals surface area contributed by atoms with E-state index in [0.717, 1.165) is 24.3 Å². The lowest BCUT2D eigenvalue weighted by Gasteiger charge is -2.29. The fraction of sp³-hybridized carbons (Fsp3) is 0.412. The van der Waals surface area contributed by atoms with Crippen molar-refractivity contribution in [2.45, 2.75) is 77.6 Å². The summed E-state index contributed by atoms with van der Waals surface area (Å²) < 4.78 is 49.9. The lowest BCUT2D eigenvalue weighted by molar-refractivity contribution is 0.301. The van der Waals surface area contributed by atoms with Crippen LogP contribution in [-0.4, -0.2) is 6.61 Å². The number of benzene rings is 3. The van der Waals surface area contributed by atoms with E-state index >= 15 is 4.39 Å². The Hall–Kier alpha value is -3.01. The summed E-state index contributed by atoms with van der Waals surface area (Å²) in [5.74, 6) is -1.03. The molecular weight excluding hydrogens is 481 g/mol. The van der Waals surface area contributed by atoms with Gasteiger partial charge in [0.1, 0.15) is 5.82 Å². The second kappa shape index (κ2) is 13.7. The first-order chi connectivity index (χ1) is 18.5. The first kappa shape index (κ1) is 28.0. The van der Waals surface area contributed by atoms with E-state index in [1.807, 2.05) is 25.1 Å². The molecule has 1 saturated carbocycles. The number of halogens is 3. The summed E-state index contributed by atoms with van der Waals surface area (Å²) >= 11 is 0. The molecule has 0 spiro atoms. The van der Waals surface area contributed by atoms with Gasteiger partial charge >= 0.3 is 0 Å². The molecule has 0 N–H and O–H groups in total. The van der Waals surface area contributed by atoms with Crippen molar-refractivity contribution >= 4 is 0 Å². The molecule has 0 radical (unpaired) electrons. The predicted molar refractivity (Wildman–Crippen MR) is 151 cm³/mol. The van der Waals surface area contributed by atoms with Crippen LogP contribution in [0.2, 0.25) is 0 Å². The average molecular weight is 521 g/mol. The third kappa shape index (κ3) is 6.89. The number of allylic oxidation sites excluding steroid dienone is 1. The Morgan fingerprint density at radius 3 is 2.16 bits per heavy atom. The molecule has 1 aliphatic rings. The highest BCUT2D eigenvalue weighted by Crippen LogP contribution is 2.39. The molecule has 4 heteroatoms. The van der Waals surface area contributed by atoms with Gasteiger partial charge in [0.2, 0.25) is 5.82 Å². The first-order valence-electron chi connectivity index (χ1n) is 14.1. The van der Waals surface area contributed by atoms with Crippen molar-refractivity contribution in [3.8, 4) is 28.0 Å². The summed E-state index contributed by atoms with van der Waals surface area (Å²) in [5, 5.41) is 0. The Morgan fingerprint density at radius 1 is 0.816 bits per heavy atom. The van der Waals surface area contributed by atoms with Crippen LogP contribution in [0, 0.1) is 23.4 Å². The lowest BCUT2D eigenvalue weighted by Crippen LogP contribution is -2.13. The van der Waals surface area contributed by atoms with Crippen molar-refractivity contribution in [2.24, 2.45) is 5.92 Å². The SMILES string of the molecule is C/C=C\CCOc1ccc(-c2ccc(-c3ccc(C4CCC(CCCCC)CC4)cc3F)cc2)c(F)c1F. The smallest absolute Gasteiger partial charge is 0.201 e. The molecule has 0 saturated heterocycles. The van der Waals surface area contributed by atoms with Crippen molar-refractivity contribution in [2.75, 3.05) is 6.61 Å². The minimum absolute atomic E-state index is 0.0977. The molecule has 1 fully saturated rings. The second-order valence-electron chi connectivity index (χ2n) is 10.5. The van der Waals surface area contributed by atoms with E-state index in [4.69, 9.17) is 4.74 Å². The second-order valence-corrected chi connectivity index (χ2v) is 10.5. The van der Waals surface area contributed by atoms with E-state index in [9.17, 15) is 8.78 Å². The molecule has 0 unspecified atom stereocenters. The zero-order valence-corrected chi connectivity index (χ0v) is 22.6. The van der Waals surface area contributed by atoms with E-state index in [0.29, 0.717) is 29.0 Å². The quantitative estimate of drug-likeness (QED) is 0.180. The van der Waals surface area contributed by atoms with E-state index in [2.05, 4.69) is 13.0 Å². The monoisotopic (exact) mass is 520 g/mol. The molecule has 0 aromatic heterocycles. The van der Waals surface area contributed by atoms with Crippen LogP contribution in [0.25, 0.3) is 22.3 Å². The molecule has 0 bridgehead atoms. The molecule has 38 heavy (non-hydrogen) atoms. The Morgan fingerprint density at radius 2 is 1.50 bits per heavy atom. The average Bonchev–Trinajstić information content (AvgIpc) is 2.94.